The van der Waals surface area contributed by atoms with Gasteiger partial charge in [-0.25, -0.2) is 19.4 Å². The third kappa shape index (κ3) is 5.44. The molecule has 9 heteroatoms. The first-order valence-electron chi connectivity index (χ1n) is 9.85. The highest BCUT2D eigenvalue weighted by Crippen LogP contribution is 2.17. The number of anilines is 1. The Hall–Kier alpha value is -3.75. The van der Waals surface area contributed by atoms with E-state index in [0.717, 1.165) is 33.9 Å². The van der Waals surface area contributed by atoms with Crippen molar-refractivity contribution in [3.63, 3.8) is 0 Å². The van der Waals surface area contributed by atoms with E-state index < -0.39 is 6.09 Å². The zero-order valence-electron chi connectivity index (χ0n) is 18.3. The molecule has 2 aromatic heterocycles. The van der Waals surface area contributed by atoms with Gasteiger partial charge in [-0.2, -0.15) is 5.10 Å². The van der Waals surface area contributed by atoms with Crippen LogP contribution in [0.1, 0.15) is 33.9 Å². The number of hydrogen-bond donors (Lipinski definition) is 2. The highest BCUT2D eigenvalue weighted by atomic mass is 16.5. The molecule has 0 aliphatic heterocycles. The Labute approximate surface area is 180 Å². The number of carbonyl (C=O) groups excluding carboxylic acids is 2. The van der Waals surface area contributed by atoms with Gasteiger partial charge in [-0.3, -0.25) is 10.1 Å². The second-order valence-corrected chi connectivity index (χ2v) is 7.28. The molecular formula is C22H26N6O3. The van der Waals surface area contributed by atoms with Gasteiger partial charge in [-0.1, -0.05) is 12.1 Å². The summed E-state index contributed by atoms with van der Waals surface area (Å²) in [7, 11) is 1.31. The Bertz CT molecular complexity index is 1080. The molecule has 0 radical (unpaired) electrons. The van der Waals surface area contributed by atoms with E-state index in [9.17, 15) is 9.59 Å². The molecule has 0 aliphatic carbocycles. The molecule has 1 aromatic carbocycles. The smallest absolute Gasteiger partial charge is 0.411 e. The van der Waals surface area contributed by atoms with Crippen molar-refractivity contribution in [2.75, 3.05) is 12.4 Å². The fourth-order valence-electron chi connectivity index (χ4n) is 3.23. The number of nitrogens with zero attached hydrogens (tertiary/aromatic N) is 4. The summed E-state index contributed by atoms with van der Waals surface area (Å²) >= 11 is 0. The lowest BCUT2D eigenvalue weighted by Crippen LogP contribution is -2.25. The maximum atomic E-state index is 12.5. The SMILES string of the molecule is COC(=O)Nc1ccc(CNC(=O)Cc2c(C)nn(-c3nc(C)cc(C)n3)c2C)cc1. The molecule has 3 aromatic rings. The number of aryl methyl sites for hydroxylation is 3. The van der Waals surface area contributed by atoms with E-state index in [2.05, 4.69) is 30.4 Å². The normalized spacial score (nSPS) is 10.6. The summed E-state index contributed by atoms with van der Waals surface area (Å²) in [6, 6.07) is 9.07. The van der Waals surface area contributed by atoms with Gasteiger partial charge in [0, 0.05) is 34.9 Å². The maximum Gasteiger partial charge on any atom is 0.411 e. The lowest BCUT2D eigenvalue weighted by atomic mass is 10.1. The molecule has 2 N–H and O–H groups in total. The standard InChI is InChI=1S/C22H26N6O3/c1-13-10-14(2)25-21(24-13)28-16(4)19(15(3)27-28)11-20(29)23-12-17-6-8-18(9-7-17)26-22(30)31-5/h6-10H,11-12H2,1-5H3,(H,23,29)(H,26,30). The Morgan fingerprint density at radius 1 is 1.03 bits per heavy atom. The van der Waals surface area contributed by atoms with Gasteiger partial charge in [0.1, 0.15) is 0 Å². The highest BCUT2D eigenvalue weighted by Gasteiger charge is 2.17. The fraction of sp³-hybridized carbons (Fsp3) is 0.318. The lowest BCUT2D eigenvalue weighted by Gasteiger charge is -2.08. The summed E-state index contributed by atoms with van der Waals surface area (Å²) in [5.41, 5.74) is 5.73. The van der Waals surface area contributed by atoms with Crippen molar-refractivity contribution in [3.8, 4) is 5.95 Å². The molecule has 0 fully saturated rings. The summed E-state index contributed by atoms with van der Waals surface area (Å²) in [6.07, 6.45) is -0.316. The number of carbonyl (C=O) groups is 2. The monoisotopic (exact) mass is 422 g/mol. The van der Waals surface area contributed by atoms with Crippen LogP contribution in [-0.4, -0.2) is 38.9 Å². The average Bonchev–Trinajstić information content (AvgIpc) is 3.00. The summed E-state index contributed by atoms with van der Waals surface area (Å²) in [6.45, 7) is 7.99. The van der Waals surface area contributed by atoms with Crippen LogP contribution in [0.3, 0.4) is 0 Å². The third-order valence-corrected chi connectivity index (χ3v) is 4.81. The first kappa shape index (κ1) is 21.9. The molecule has 0 spiro atoms. The summed E-state index contributed by atoms with van der Waals surface area (Å²) in [5, 5.41) is 10.0. The topological polar surface area (TPSA) is 111 Å². The summed E-state index contributed by atoms with van der Waals surface area (Å²) < 4.78 is 6.24. The van der Waals surface area contributed by atoms with Gasteiger partial charge in [0.15, 0.2) is 0 Å². The number of methoxy groups -OCH3 is 1. The van der Waals surface area contributed by atoms with Crippen LogP contribution in [0.4, 0.5) is 10.5 Å². The summed E-state index contributed by atoms with van der Waals surface area (Å²) in [4.78, 5) is 32.7. The zero-order chi connectivity index (χ0) is 22.5. The van der Waals surface area contributed by atoms with Crippen molar-refractivity contribution in [1.82, 2.24) is 25.1 Å². The highest BCUT2D eigenvalue weighted by molar-refractivity contribution is 5.84. The minimum Gasteiger partial charge on any atom is -0.453 e. The van der Waals surface area contributed by atoms with Crippen molar-refractivity contribution in [2.45, 2.75) is 40.7 Å². The molecule has 0 aliphatic rings. The molecule has 162 valence electrons. The average molecular weight is 422 g/mol. The van der Waals surface area contributed by atoms with Crippen molar-refractivity contribution in [1.29, 1.82) is 0 Å². The van der Waals surface area contributed by atoms with E-state index in [1.54, 1.807) is 16.8 Å². The van der Waals surface area contributed by atoms with Crippen molar-refractivity contribution >= 4 is 17.7 Å². The van der Waals surface area contributed by atoms with E-state index in [4.69, 9.17) is 0 Å². The molecule has 31 heavy (non-hydrogen) atoms. The Balaban J connectivity index is 1.64. The van der Waals surface area contributed by atoms with Gasteiger partial charge >= 0.3 is 6.09 Å². The molecule has 0 bridgehead atoms. The van der Waals surface area contributed by atoms with Crippen LogP contribution >= 0.6 is 0 Å². The second kappa shape index (κ2) is 9.38. The van der Waals surface area contributed by atoms with Gasteiger partial charge in [0.25, 0.3) is 5.95 Å². The van der Waals surface area contributed by atoms with Gasteiger partial charge in [-0.05, 0) is 51.5 Å². The quantitative estimate of drug-likeness (QED) is 0.632. The van der Waals surface area contributed by atoms with E-state index in [-0.39, 0.29) is 12.3 Å². The van der Waals surface area contributed by atoms with Gasteiger partial charge < -0.3 is 10.1 Å². The zero-order valence-corrected chi connectivity index (χ0v) is 18.3. The molecule has 0 saturated heterocycles. The maximum absolute atomic E-state index is 12.5. The van der Waals surface area contributed by atoms with E-state index in [1.807, 2.05) is 45.9 Å². The fourth-order valence-corrected chi connectivity index (χ4v) is 3.23. The second-order valence-electron chi connectivity index (χ2n) is 7.28. The van der Waals surface area contributed by atoms with Crippen LogP contribution in [0.2, 0.25) is 0 Å². The molecule has 2 amide bonds. The molecule has 0 atom stereocenters. The Morgan fingerprint density at radius 2 is 1.68 bits per heavy atom. The summed E-state index contributed by atoms with van der Waals surface area (Å²) in [5.74, 6) is 0.397. The minimum atomic E-state index is -0.529. The van der Waals surface area contributed by atoms with Crippen LogP contribution in [0.15, 0.2) is 30.3 Å². The molecule has 3 rings (SSSR count). The third-order valence-electron chi connectivity index (χ3n) is 4.81. The molecule has 0 saturated carbocycles. The van der Waals surface area contributed by atoms with Crippen molar-refractivity contribution in [2.24, 2.45) is 0 Å². The van der Waals surface area contributed by atoms with Gasteiger partial charge in [0.05, 0.1) is 19.2 Å². The van der Waals surface area contributed by atoms with Gasteiger partial charge in [-0.15, -0.1) is 0 Å². The molecule has 9 nitrogen and oxygen atoms in total. The largest absolute Gasteiger partial charge is 0.453 e. The van der Waals surface area contributed by atoms with E-state index in [0.29, 0.717) is 18.2 Å². The molecule has 0 unspecified atom stereocenters. The Morgan fingerprint density at radius 3 is 2.29 bits per heavy atom. The van der Waals surface area contributed by atoms with Crippen LogP contribution in [-0.2, 0) is 22.5 Å². The number of rotatable bonds is 6. The predicted octanol–water partition coefficient (Wildman–Crippen LogP) is 2.93. The first-order chi connectivity index (χ1) is 14.8. The van der Waals surface area contributed by atoms with Crippen LogP contribution in [0.25, 0.3) is 5.95 Å². The number of nitrogens with one attached hydrogen (secondary N) is 2. The number of amides is 2. The van der Waals surface area contributed by atoms with E-state index in [1.165, 1.54) is 7.11 Å². The number of hydrogen-bond acceptors (Lipinski definition) is 6. The molecular weight excluding hydrogens is 396 g/mol. The van der Waals surface area contributed by atoms with Gasteiger partial charge in [0.2, 0.25) is 5.91 Å². The minimum absolute atomic E-state index is 0.108. The van der Waals surface area contributed by atoms with Crippen LogP contribution < -0.4 is 10.6 Å². The lowest BCUT2D eigenvalue weighted by molar-refractivity contribution is -0.120. The Kier molecular flexibility index (Phi) is 6.64. The number of ether oxygens (including phenoxy) is 1. The van der Waals surface area contributed by atoms with Crippen molar-refractivity contribution < 1.29 is 14.3 Å². The predicted molar refractivity (Wildman–Crippen MR) is 116 cm³/mol. The van der Waals surface area contributed by atoms with E-state index >= 15 is 0 Å². The van der Waals surface area contributed by atoms with Crippen LogP contribution in [0.5, 0.6) is 0 Å². The number of aromatic nitrogens is 4. The van der Waals surface area contributed by atoms with Crippen molar-refractivity contribution in [3.05, 3.63) is 64.2 Å². The number of benzene rings is 1. The molecule has 2 heterocycles. The van der Waals surface area contributed by atoms with Crippen LogP contribution in [0, 0.1) is 27.7 Å². The first-order valence-corrected chi connectivity index (χ1v) is 9.85.